The van der Waals surface area contributed by atoms with E-state index in [1.807, 2.05) is 0 Å². The summed E-state index contributed by atoms with van der Waals surface area (Å²) in [6, 6.07) is 0. The molecule has 1 saturated carbocycles. The van der Waals surface area contributed by atoms with Crippen LogP contribution in [0.3, 0.4) is 0 Å². The number of hydrogen-bond donors (Lipinski definition) is 6. The molecule has 1 rings (SSSR count). The van der Waals surface area contributed by atoms with Crippen LogP contribution in [-0.2, 0) is 32.7 Å². The Balaban J connectivity index is 2.46. The van der Waals surface area contributed by atoms with Gasteiger partial charge in [-0.1, -0.05) is 161 Å². The van der Waals surface area contributed by atoms with E-state index in [0.717, 1.165) is 44.4 Å². The van der Waals surface area contributed by atoms with Crippen molar-refractivity contribution in [3.8, 4) is 0 Å². The summed E-state index contributed by atoms with van der Waals surface area (Å²) >= 11 is 0. The van der Waals surface area contributed by atoms with E-state index in [9.17, 15) is 39.5 Å². The van der Waals surface area contributed by atoms with Crippen molar-refractivity contribution in [2.45, 2.75) is 205 Å². The smallest absolute Gasteiger partial charge is 0.462 e. The molecule has 0 heterocycles. The van der Waals surface area contributed by atoms with Crippen LogP contribution in [-0.4, -0.2) is 99.3 Å². The minimum atomic E-state index is -4.71. The molecule has 0 aliphatic heterocycles. The van der Waals surface area contributed by atoms with Crippen LogP contribution in [0.5, 0.6) is 0 Å². The van der Waals surface area contributed by atoms with Gasteiger partial charge in [-0.25, -0.2) is 4.57 Å². The van der Waals surface area contributed by atoms with Gasteiger partial charge in [0.25, 0.3) is 0 Å². The fourth-order valence-electron chi connectivity index (χ4n) is 7.27. The van der Waals surface area contributed by atoms with Crippen molar-refractivity contribution in [1.29, 1.82) is 0 Å². The SMILES string of the molecule is CCCCC[C@@H](O)/C=C/[C@@H]1[C@H](C/C=C\CC(=O)O[C@H](COC(=O)CCCCCCCCCCCCCCCCCC(C)C)COP(=O)(O)OC[C@@H](O)CO)[C@@H](O)C[C@H]1O. The standard InChI is InChI=1S/C45H83O13P/c1-4-5-19-25-37(47)29-30-41-40(42(49)31-43(41)50)26-22-23-28-45(52)58-39(35-57-59(53,54)56-33-38(48)32-46)34-55-44(51)27-21-18-16-14-12-10-8-6-7-9-11-13-15-17-20-24-36(2)3/h22-23,29-30,36-43,46-50H,4-21,24-28,31-35H2,1-3H3,(H,53,54)/b23-22-,30-29+/t37-,38+,39-,40+,41-,42+,43-/m1/s1. The Morgan fingerprint density at radius 1 is 0.729 bits per heavy atom. The highest BCUT2D eigenvalue weighted by Crippen LogP contribution is 2.43. The maximum Gasteiger partial charge on any atom is 0.472 e. The van der Waals surface area contributed by atoms with Crippen LogP contribution in [0.2, 0.25) is 0 Å². The third-order valence-corrected chi connectivity index (χ3v) is 11.8. The van der Waals surface area contributed by atoms with Gasteiger partial charge in [0.1, 0.15) is 12.7 Å². The highest BCUT2D eigenvalue weighted by Gasteiger charge is 2.39. The molecule has 8 atom stereocenters. The van der Waals surface area contributed by atoms with Crippen LogP contribution < -0.4 is 0 Å². The highest BCUT2D eigenvalue weighted by molar-refractivity contribution is 7.47. The Morgan fingerprint density at radius 3 is 1.86 bits per heavy atom. The maximum atomic E-state index is 12.8. The van der Waals surface area contributed by atoms with Crippen LogP contribution in [0.25, 0.3) is 0 Å². The van der Waals surface area contributed by atoms with Crippen LogP contribution in [0.15, 0.2) is 24.3 Å². The van der Waals surface area contributed by atoms with Crippen LogP contribution >= 0.6 is 7.82 Å². The van der Waals surface area contributed by atoms with Gasteiger partial charge in [-0.2, -0.15) is 0 Å². The van der Waals surface area contributed by atoms with Gasteiger partial charge in [-0.15, -0.1) is 0 Å². The highest BCUT2D eigenvalue weighted by atomic mass is 31.2. The van der Waals surface area contributed by atoms with Crippen molar-refractivity contribution in [3.05, 3.63) is 24.3 Å². The Morgan fingerprint density at radius 2 is 1.29 bits per heavy atom. The normalized spacial score (nSPS) is 21.0. The van der Waals surface area contributed by atoms with Gasteiger partial charge in [-0.05, 0) is 31.1 Å². The summed E-state index contributed by atoms with van der Waals surface area (Å²) in [5.74, 6) is -1.08. The number of carbonyl (C=O) groups excluding carboxylic acids is 2. The minimum Gasteiger partial charge on any atom is -0.462 e. The van der Waals surface area contributed by atoms with Crippen molar-refractivity contribution in [2.24, 2.45) is 17.8 Å². The molecule has 6 N–H and O–H groups in total. The molecule has 14 heteroatoms. The number of aliphatic hydroxyl groups is 5. The largest absolute Gasteiger partial charge is 0.472 e. The van der Waals surface area contributed by atoms with E-state index in [2.05, 4.69) is 25.3 Å². The predicted molar refractivity (Wildman–Crippen MR) is 230 cm³/mol. The maximum absolute atomic E-state index is 12.8. The topological polar surface area (TPSA) is 210 Å². The zero-order valence-electron chi connectivity index (χ0n) is 36.7. The number of allylic oxidation sites excluding steroid dienone is 1. The van der Waals surface area contributed by atoms with E-state index in [1.165, 1.54) is 77.0 Å². The lowest BCUT2D eigenvalue weighted by molar-refractivity contribution is -0.160. The predicted octanol–water partition coefficient (Wildman–Crippen LogP) is 8.41. The molecule has 13 nitrogen and oxygen atoms in total. The fraction of sp³-hybridized carbons (Fsp3) is 0.867. The number of hydrogen-bond acceptors (Lipinski definition) is 12. The number of carbonyl (C=O) groups is 2. The number of ether oxygens (including phenoxy) is 2. The average Bonchev–Trinajstić information content (AvgIpc) is 3.47. The van der Waals surface area contributed by atoms with Crippen LogP contribution in [0.4, 0.5) is 0 Å². The molecule has 1 fully saturated rings. The van der Waals surface area contributed by atoms with E-state index in [1.54, 1.807) is 24.3 Å². The van der Waals surface area contributed by atoms with Gasteiger partial charge >= 0.3 is 19.8 Å². The van der Waals surface area contributed by atoms with Crippen molar-refractivity contribution in [1.82, 2.24) is 0 Å². The van der Waals surface area contributed by atoms with Gasteiger partial charge in [0.2, 0.25) is 0 Å². The van der Waals surface area contributed by atoms with Gasteiger partial charge in [0, 0.05) is 18.8 Å². The molecule has 0 bridgehead atoms. The summed E-state index contributed by atoms with van der Waals surface area (Å²) in [6.07, 6.45) is 25.6. The van der Waals surface area contributed by atoms with Gasteiger partial charge in [0.05, 0.1) is 44.6 Å². The monoisotopic (exact) mass is 863 g/mol. The summed E-state index contributed by atoms with van der Waals surface area (Å²) < 4.78 is 32.7. The molecule has 1 unspecified atom stereocenters. The van der Waals surface area contributed by atoms with Crippen molar-refractivity contribution < 1.29 is 63.1 Å². The van der Waals surface area contributed by atoms with Crippen molar-refractivity contribution in [2.75, 3.05) is 26.4 Å². The van der Waals surface area contributed by atoms with E-state index in [0.29, 0.717) is 19.3 Å². The summed E-state index contributed by atoms with van der Waals surface area (Å²) in [7, 11) is -4.71. The Labute approximate surface area is 356 Å². The third kappa shape index (κ3) is 30.1. The van der Waals surface area contributed by atoms with E-state index in [-0.39, 0.29) is 31.1 Å². The molecule has 0 spiro atoms. The molecule has 0 aromatic carbocycles. The number of rotatable bonds is 38. The second-order valence-corrected chi connectivity index (χ2v) is 18.4. The van der Waals surface area contributed by atoms with Crippen molar-refractivity contribution >= 4 is 19.8 Å². The minimum absolute atomic E-state index is 0.179. The molecule has 0 aromatic rings. The third-order valence-electron chi connectivity index (χ3n) is 10.9. The number of esters is 2. The van der Waals surface area contributed by atoms with Gasteiger partial charge in [0.15, 0.2) is 6.10 Å². The quantitative estimate of drug-likeness (QED) is 0.0149. The molecule has 346 valence electrons. The zero-order chi connectivity index (χ0) is 43.7. The molecular weight excluding hydrogens is 779 g/mol. The molecule has 0 radical (unpaired) electrons. The second kappa shape index (κ2) is 34.9. The first kappa shape index (κ1) is 55.3. The molecule has 1 aliphatic rings. The first-order valence-electron chi connectivity index (χ1n) is 22.9. The van der Waals surface area contributed by atoms with E-state index >= 15 is 0 Å². The Bertz CT molecular complexity index is 1160. The van der Waals surface area contributed by atoms with Crippen LogP contribution in [0.1, 0.15) is 175 Å². The summed E-state index contributed by atoms with van der Waals surface area (Å²) in [5.41, 5.74) is 0. The molecule has 1 aliphatic carbocycles. The first-order chi connectivity index (χ1) is 28.3. The first-order valence-corrected chi connectivity index (χ1v) is 24.4. The van der Waals surface area contributed by atoms with E-state index in [4.69, 9.17) is 19.1 Å². The van der Waals surface area contributed by atoms with E-state index < -0.39 is 76.7 Å². The summed E-state index contributed by atoms with van der Waals surface area (Å²) in [6.45, 7) is 4.25. The Hall–Kier alpha value is -1.67. The number of unbranched alkanes of at least 4 members (excludes halogenated alkanes) is 16. The summed E-state index contributed by atoms with van der Waals surface area (Å²) in [5, 5.41) is 49.8. The number of phosphoric acid groups is 1. The zero-order valence-corrected chi connectivity index (χ0v) is 37.6. The summed E-state index contributed by atoms with van der Waals surface area (Å²) in [4.78, 5) is 35.3. The van der Waals surface area contributed by atoms with Crippen LogP contribution in [0, 0.1) is 17.8 Å². The van der Waals surface area contributed by atoms with Gasteiger partial charge in [-0.3, -0.25) is 18.6 Å². The second-order valence-electron chi connectivity index (χ2n) is 16.9. The average molecular weight is 863 g/mol. The lowest BCUT2D eigenvalue weighted by Gasteiger charge is -2.20. The molecule has 0 aromatic heterocycles. The fourth-order valence-corrected chi connectivity index (χ4v) is 8.06. The molecule has 0 saturated heterocycles. The van der Waals surface area contributed by atoms with Gasteiger partial charge < -0.3 is 39.9 Å². The molecule has 0 amide bonds. The molecular formula is C45H83O13P. The number of aliphatic hydroxyl groups excluding tert-OH is 5. The lowest BCUT2D eigenvalue weighted by Crippen LogP contribution is -2.29. The lowest BCUT2D eigenvalue weighted by atomic mass is 9.89. The Kier molecular flexibility index (Phi) is 32.7. The molecule has 59 heavy (non-hydrogen) atoms. The number of phosphoric ester groups is 1. The van der Waals surface area contributed by atoms with Crippen molar-refractivity contribution in [3.63, 3.8) is 0 Å².